The van der Waals surface area contributed by atoms with Gasteiger partial charge in [0.25, 0.3) is 0 Å². The highest BCUT2D eigenvalue weighted by Gasteiger charge is 2.32. The number of rotatable bonds is 7. The van der Waals surface area contributed by atoms with Crippen molar-refractivity contribution >= 4 is 23.4 Å². The van der Waals surface area contributed by atoms with Gasteiger partial charge in [-0.05, 0) is 43.0 Å². The molecule has 0 spiro atoms. The van der Waals surface area contributed by atoms with Gasteiger partial charge in [0.05, 0.1) is 12.8 Å². The van der Waals surface area contributed by atoms with Crippen molar-refractivity contribution in [3.63, 3.8) is 0 Å². The number of aromatic nitrogens is 3. The minimum absolute atomic E-state index is 0.167. The van der Waals surface area contributed by atoms with E-state index >= 15 is 0 Å². The summed E-state index contributed by atoms with van der Waals surface area (Å²) >= 11 is 1.27. The fraction of sp³-hybridized carbons (Fsp3) is 0.286. The molecule has 0 aliphatic heterocycles. The lowest BCUT2D eigenvalue weighted by molar-refractivity contribution is -0.115. The highest BCUT2D eigenvalue weighted by Crippen LogP contribution is 2.41. The van der Waals surface area contributed by atoms with Gasteiger partial charge < -0.3 is 10.1 Å². The van der Waals surface area contributed by atoms with Crippen LogP contribution in [0.15, 0.2) is 58.5 Å². The largest absolute Gasteiger partial charge is 0.495 e. The van der Waals surface area contributed by atoms with E-state index in [1.54, 1.807) is 11.7 Å². The van der Waals surface area contributed by atoms with Crippen molar-refractivity contribution in [2.24, 2.45) is 0 Å². The summed E-state index contributed by atoms with van der Waals surface area (Å²) < 4.78 is 7.04. The van der Waals surface area contributed by atoms with Crippen LogP contribution in [0.25, 0.3) is 0 Å². The van der Waals surface area contributed by atoms with E-state index in [4.69, 9.17) is 4.74 Å². The van der Waals surface area contributed by atoms with Crippen molar-refractivity contribution in [2.45, 2.75) is 36.2 Å². The van der Waals surface area contributed by atoms with Crippen LogP contribution in [0.2, 0.25) is 0 Å². The number of hydrogen-bond acceptors (Lipinski definition) is 5. The lowest BCUT2D eigenvalue weighted by atomic mass is 10.1. The van der Waals surface area contributed by atoms with Crippen LogP contribution in [0.4, 0.5) is 5.69 Å². The number of thioether (sulfide) groups is 1. The normalized spacial score (nSPS) is 14.4. The number of hydrogen-bond donors (Lipinski definition) is 2. The second kappa shape index (κ2) is 8.16. The summed E-state index contributed by atoms with van der Waals surface area (Å²) in [7, 11) is 1.57. The van der Waals surface area contributed by atoms with Crippen LogP contribution in [0.5, 0.6) is 5.75 Å². The van der Waals surface area contributed by atoms with Crippen molar-refractivity contribution in [1.82, 2.24) is 14.8 Å². The number of ether oxygens (including phenoxy) is 1. The maximum Gasteiger partial charge on any atom is 0.344 e. The van der Waals surface area contributed by atoms with E-state index in [9.17, 15) is 9.59 Å². The molecule has 1 aliphatic carbocycles. The Kier molecular flexibility index (Phi) is 5.44. The molecule has 3 aromatic rings. The van der Waals surface area contributed by atoms with E-state index in [0.717, 1.165) is 24.0 Å². The van der Waals surface area contributed by atoms with Crippen molar-refractivity contribution in [3.05, 3.63) is 70.1 Å². The van der Waals surface area contributed by atoms with Crippen LogP contribution in [-0.4, -0.2) is 27.8 Å². The van der Waals surface area contributed by atoms with Crippen LogP contribution < -0.4 is 15.7 Å². The highest BCUT2D eigenvalue weighted by molar-refractivity contribution is 8.00. The summed E-state index contributed by atoms with van der Waals surface area (Å²) in [5, 5.41) is 9.61. The molecular weight excluding hydrogens is 388 g/mol. The standard InChI is InChI=1S/C21H22N4O3S/c1-13-8-11-17(28-2)16(12-13)22-19(26)18(14-6-4-3-5-7-14)29-21-24-23-20(27)25(21)15-9-10-15/h3-8,11-12,15,18H,9-10H2,1-2H3,(H,22,26)(H,23,27)/t18-/m0/s1. The molecule has 0 unspecified atom stereocenters. The van der Waals surface area contributed by atoms with Crippen LogP contribution >= 0.6 is 11.8 Å². The van der Waals surface area contributed by atoms with Crippen LogP contribution in [0.3, 0.4) is 0 Å². The monoisotopic (exact) mass is 410 g/mol. The molecule has 4 rings (SSSR count). The number of amides is 1. The summed E-state index contributed by atoms with van der Waals surface area (Å²) in [5.74, 6) is 0.387. The first-order valence-corrected chi connectivity index (χ1v) is 10.3. The predicted octanol–water partition coefficient (Wildman–Crippen LogP) is 3.70. The molecule has 150 valence electrons. The van der Waals surface area contributed by atoms with Gasteiger partial charge in [-0.15, -0.1) is 5.10 Å². The Hall–Kier alpha value is -3.00. The first kappa shape index (κ1) is 19.3. The SMILES string of the molecule is COc1ccc(C)cc1NC(=O)[C@@H](Sc1n[nH]c(=O)n1C1CC1)c1ccccc1. The van der Waals surface area contributed by atoms with Gasteiger partial charge >= 0.3 is 5.69 Å². The molecule has 1 heterocycles. The van der Waals surface area contributed by atoms with Gasteiger partial charge in [0.2, 0.25) is 5.91 Å². The molecule has 1 amide bonds. The number of methoxy groups -OCH3 is 1. The molecule has 29 heavy (non-hydrogen) atoms. The lowest BCUT2D eigenvalue weighted by Gasteiger charge is -2.18. The van der Waals surface area contributed by atoms with E-state index in [-0.39, 0.29) is 17.6 Å². The number of anilines is 1. The summed E-state index contributed by atoms with van der Waals surface area (Å²) in [6.45, 7) is 1.95. The van der Waals surface area contributed by atoms with Gasteiger partial charge in [0.1, 0.15) is 11.0 Å². The van der Waals surface area contributed by atoms with E-state index in [1.807, 2.05) is 55.5 Å². The number of benzene rings is 2. The first-order valence-electron chi connectivity index (χ1n) is 9.41. The highest BCUT2D eigenvalue weighted by atomic mass is 32.2. The molecule has 2 aromatic carbocycles. The smallest absolute Gasteiger partial charge is 0.344 e. The van der Waals surface area contributed by atoms with Crippen molar-refractivity contribution in [1.29, 1.82) is 0 Å². The van der Waals surface area contributed by atoms with Gasteiger partial charge in [0.15, 0.2) is 5.16 Å². The van der Waals surface area contributed by atoms with Gasteiger partial charge in [-0.1, -0.05) is 48.2 Å². The quantitative estimate of drug-likeness (QED) is 0.580. The zero-order chi connectivity index (χ0) is 20.4. The van der Waals surface area contributed by atoms with Gasteiger partial charge in [-0.3, -0.25) is 9.36 Å². The number of nitrogens with zero attached hydrogens (tertiary/aromatic N) is 2. The Balaban J connectivity index is 1.66. The molecule has 7 nitrogen and oxygen atoms in total. The Bertz CT molecular complexity index is 1070. The topological polar surface area (TPSA) is 89.0 Å². The Morgan fingerprint density at radius 3 is 2.72 bits per heavy atom. The molecule has 0 bridgehead atoms. The average Bonchev–Trinajstić information content (AvgIpc) is 3.49. The van der Waals surface area contributed by atoms with Gasteiger partial charge in [-0.25, -0.2) is 9.89 Å². The third-order valence-electron chi connectivity index (χ3n) is 4.76. The molecule has 1 aromatic heterocycles. The Morgan fingerprint density at radius 2 is 2.03 bits per heavy atom. The summed E-state index contributed by atoms with van der Waals surface area (Å²) in [4.78, 5) is 25.4. The molecule has 1 atom stereocenters. The second-order valence-corrected chi connectivity index (χ2v) is 8.09. The van der Waals surface area contributed by atoms with Crippen LogP contribution in [0, 0.1) is 6.92 Å². The molecule has 0 radical (unpaired) electrons. The third-order valence-corrected chi connectivity index (χ3v) is 5.98. The van der Waals surface area contributed by atoms with Gasteiger partial charge in [-0.2, -0.15) is 0 Å². The fourth-order valence-corrected chi connectivity index (χ4v) is 4.27. The first-order chi connectivity index (χ1) is 14.1. The molecule has 1 fully saturated rings. The maximum absolute atomic E-state index is 13.3. The van der Waals surface area contributed by atoms with Crippen LogP contribution in [-0.2, 0) is 4.79 Å². The summed E-state index contributed by atoms with van der Waals surface area (Å²) in [6, 6.07) is 15.3. The number of nitrogens with one attached hydrogen (secondary N) is 2. The minimum atomic E-state index is -0.575. The van der Waals surface area contributed by atoms with E-state index < -0.39 is 5.25 Å². The second-order valence-electron chi connectivity index (χ2n) is 7.01. The number of H-pyrrole nitrogens is 1. The molecule has 1 aliphatic rings. The predicted molar refractivity (Wildman–Crippen MR) is 113 cm³/mol. The van der Waals surface area contributed by atoms with Gasteiger partial charge in [0, 0.05) is 6.04 Å². The van der Waals surface area contributed by atoms with Crippen molar-refractivity contribution in [2.75, 3.05) is 12.4 Å². The zero-order valence-electron chi connectivity index (χ0n) is 16.2. The Labute approximate surface area is 172 Å². The fourth-order valence-electron chi connectivity index (χ4n) is 3.15. The zero-order valence-corrected chi connectivity index (χ0v) is 17.0. The van der Waals surface area contributed by atoms with E-state index in [1.165, 1.54) is 11.8 Å². The summed E-state index contributed by atoms with van der Waals surface area (Å²) in [6.07, 6.45) is 1.91. The minimum Gasteiger partial charge on any atom is -0.495 e. The van der Waals surface area contributed by atoms with E-state index in [0.29, 0.717) is 16.6 Å². The molecule has 2 N–H and O–H groups in total. The summed E-state index contributed by atoms with van der Waals surface area (Å²) in [5.41, 5.74) is 2.22. The molecule has 0 saturated heterocycles. The number of aromatic amines is 1. The maximum atomic E-state index is 13.3. The Morgan fingerprint density at radius 1 is 1.28 bits per heavy atom. The van der Waals surface area contributed by atoms with Crippen molar-refractivity contribution < 1.29 is 9.53 Å². The molecule has 1 saturated carbocycles. The number of carbonyl (C=O) groups is 1. The number of aryl methyl sites for hydroxylation is 1. The lowest BCUT2D eigenvalue weighted by Crippen LogP contribution is -2.21. The van der Waals surface area contributed by atoms with Crippen molar-refractivity contribution in [3.8, 4) is 5.75 Å². The number of carbonyl (C=O) groups excluding carboxylic acids is 1. The third kappa shape index (κ3) is 4.22. The molecular formula is C21H22N4O3S. The van der Waals surface area contributed by atoms with Crippen LogP contribution in [0.1, 0.15) is 35.3 Å². The molecule has 8 heteroatoms. The van der Waals surface area contributed by atoms with E-state index in [2.05, 4.69) is 15.5 Å². The average molecular weight is 410 g/mol.